The maximum absolute atomic E-state index is 8.87. The lowest BCUT2D eigenvalue weighted by Crippen LogP contribution is -1.97. The van der Waals surface area contributed by atoms with Crippen molar-refractivity contribution in [3.63, 3.8) is 0 Å². The molecule has 0 amide bonds. The van der Waals surface area contributed by atoms with E-state index in [0.29, 0.717) is 11.4 Å². The molecule has 0 fully saturated rings. The van der Waals surface area contributed by atoms with Crippen molar-refractivity contribution < 1.29 is 0 Å². The minimum atomic E-state index is 0.540. The molecule has 0 spiro atoms. The van der Waals surface area contributed by atoms with E-state index >= 15 is 0 Å². The van der Waals surface area contributed by atoms with Crippen molar-refractivity contribution in [2.75, 3.05) is 12.4 Å². The molecule has 2 aromatic rings. The van der Waals surface area contributed by atoms with Gasteiger partial charge in [-0.3, -0.25) is 0 Å². The molecule has 0 aliphatic carbocycles. The highest BCUT2D eigenvalue weighted by atomic mass is 32.1. The predicted molar refractivity (Wildman–Crippen MR) is 64.3 cm³/mol. The van der Waals surface area contributed by atoms with E-state index in [-0.39, 0.29) is 0 Å². The zero-order chi connectivity index (χ0) is 11.5. The van der Waals surface area contributed by atoms with Gasteiger partial charge in [-0.05, 0) is 19.1 Å². The van der Waals surface area contributed by atoms with Crippen molar-refractivity contribution in [2.45, 2.75) is 6.92 Å². The quantitative estimate of drug-likeness (QED) is 0.860. The number of hydrogen-bond acceptors (Lipinski definition) is 5. The van der Waals surface area contributed by atoms with Crippen LogP contribution in [0.4, 0.5) is 5.82 Å². The van der Waals surface area contributed by atoms with E-state index in [0.717, 1.165) is 16.4 Å². The van der Waals surface area contributed by atoms with Crippen LogP contribution in [0.1, 0.15) is 10.6 Å². The molecule has 0 atom stereocenters. The molecular weight excluding hydrogens is 220 g/mol. The standard InChI is InChI=1S/C11H10N4S/c1-7-14-10(6-16-7)9-4-3-8(5-12)11(13-2)15-9/h3-4,6H,1-2H3,(H,13,15). The molecule has 4 nitrogen and oxygen atoms in total. The summed E-state index contributed by atoms with van der Waals surface area (Å²) in [5.74, 6) is 0.589. The molecule has 2 heterocycles. The third-order valence-corrected chi connectivity index (χ3v) is 2.91. The first kappa shape index (κ1) is 10.6. The Labute approximate surface area is 97.6 Å². The van der Waals surface area contributed by atoms with Gasteiger partial charge in [0.15, 0.2) is 0 Å². The van der Waals surface area contributed by atoms with Gasteiger partial charge in [-0.15, -0.1) is 11.3 Å². The van der Waals surface area contributed by atoms with Crippen LogP contribution in [0.3, 0.4) is 0 Å². The van der Waals surface area contributed by atoms with Crippen LogP contribution in [0, 0.1) is 18.3 Å². The molecule has 0 bridgehead atoms. The third kappa shape index (κ3) is 1.88. The fourth-order valence-electron chi connectivity index (χ4n) is 1.36. The van der Waals surface area contributed by atoms with Crippen LogP contribution in [0.2, 0.25) is 0 Å². The van der Waals surface area contributed by atoms with Gasteiger partial charge in [-0.25, -0.2) is 9.97 Å². The highest BCUT2D eigenvalue weighted by molar-refractivity contribution is 7.09. The second kappa shape index (κ2) is 4.29. The molecule has 2 rings (SSSR count). The van der Waals surface area contributed by atoms with Crippen LogP contribution in [0.15, 0.2) is 17.5 Å². The summed E-state index contributed by atoms with van der Waals surface area (Å²) >= 11 is 1.59. The fourth-order valence-corrected chi connectivity index (χ4v) is 1.97. The van der Waals surface area contributed by atoms with Gasteiger partial charge in [0, 0.05) is 12.4 Å². The molecule has 5 heteroatoms. The van der Waals surface area contributed by atoms with Crippen molar-refractivity contribution in [1.29, 1.82) is 5.26 Å². The maximum Gasteiger partial charge on any atom is 0.144 e. The van der Waals surface area contributed by atoms with Crippen LogP contribution in [-0.2, 0) is 0 Å². The largest absolute Gasteiger partial charge is 0.372 e. The Morgan fingerprint density at radius 3 is 2.69 bits per heavy atom. The average Bonchev–Trinajstić information content (AvgIpc) is 2.75. The zero-order valence-electron chi connectivity index (χ0n) is 8.98. The number of aryl methyl sites for hydroxylation is 1. The van der Waals surface area contributed by atoms with Crippen LogP contribution in [-0.4, -0.2) is 17.0 Å². The first-order valence-corrected chi connectivity index (χ1v) is 5.64. The first-order valence-electron chi connectivity index (χ1n) is 4.76. The van der Waals surface area contributed by atoms with E-state index in [1.165, 1.54) is 0 Å². The molecule has 0 saturated carbocycles. The number of nitrogens with one attached hydrogen (secondary N) is 1. The number of nitrogens with zero attached hydrogens (tertiary/aromatic N) is 3. The van der Waals surface area contributed by atoms with Gasteiger partial charge < -0.3 is 5.32 Å². The molecule has 2 aromatic heterocycles. The summed E-state index contributed by atoms with van der Waals surface area (Å²) < 4.78 is 0. The van der Waals surface area contributed by atoms with Crippen LogP contribution in [0.25, 0.3) is 11.4 Å². The number of pyridine rings is 1. The SMILES string of the molecule is CNc1nc(-c2csc(C)n2)ccc1C#N. The predicted octanol–water partition coefficient (Wildman–Crippen LogP) is 2.43. The van der Waals surface area contributed by atoms with E-state index in [1.807, 2.05) is 18.4 Å². The van der Waals surface area contributed by atoms with E-state index < -0.39 is 0 Å². The molecule has 0 aliphatic heterocycles. The van der Waals surface area contributed by atoms with E-state index in [9.17, 15) is 0 Å². The summed E-state index contributed by atoms with van der Waals surface area (Å²) in [6.45, 7) is 1.96. The Morgan fingerprint density at radius 1 is 1.31 bits per heavy atom. The van der Waals surface area contributed by atoms with E-state index in [2.05, 4.69) is 21.4 Å². The number of rotatable bonds is 2. The lowest BCUT2D eigenvalue weighted by atomic mass is 10.2. The number of aromatic nitrogens is 2. The summed E-state index contributed by atoms with van der Waals surface area (Å²) in [7, 11) is 1.75. The summed E-state index contributed by atoms with van der Waals surface area (Å²) in [6.07, 6.45) is 0. The molecule has 0 aromatic carbocycles. The van der Waals surface area contributed by atoms with Crippen molar-refractivity contribution in [1.82, 2.24) is 9.97 Å². The van der Waals surface area contributed by atoms with Gasteiger partial charge >= 0.3 is 0 Å². The molecule has 0 saturated heterocycles. The monoisotopic (exact) mass is 230 g/mol. The zero-order valence-corrected chi connectivity index (χ0v) is 9.80. The Balaban J connectivity index is 2.48. The fraction of sp³-hybridized carbons (Fsp3) is 0.182. The second-order valence-electron chi connectivity index (χ2n) is 3.21. The van der Waals surface area contributed by atoms with Crippen LogP contribution >= 0.6 is 11.3 Å². The highest BCUT2D eigenvalue weighted by Gasteiger charge is 2.07. The molecule has 0 radical (unpaired) electrons. The van der Waals surface area contributed by atoms with Gasteiger partial charge in [-0.1, -0.05) is 0 Å². The van der Waals surface area contributed by atoms with Gasteiger partial charge in [-0.2, -0.15) is 5.26 Å². The Bertz CT molecular complexity index is 553. The van der Waals surface area contributed by atoms with Crippen LogP contribution in [0.5, 0.6) is 0 Å². The molecule has 0 unspecified atom stereocenters. The minimum Gasteiger partial charge on any atom is -0.372 e. The normalized spacial score (nSPS) is 9.81. The van der Waals surface area contributed by atoms with Gasteiger partial charge in [0.2, 0.25) is 0 Å². The van der Waals surface area contributed by atoms with Gasteiger partial charge in [0.05, 0.1) is 22.0 Å². The maximum atomic E-state index is 8.87. The van der Waals surface area contributed by atoms with E-state index in [4.69, 9.17) is 5.26 Å². The molecule has 0 aliphatic rings. The average molecular weight is 230 g/mol. The number of thiazole rings is 1. The minimum absolute atomic E-state index is 0.540. The Hall–Kier alpha value is -1.93. The molecular formula is C11H10N4S. The molecule has 16 heavy (non-hydrogen) atoms. The number of nitriles is 1. The van der Waals surface area contributed by atoms with Crippen molar-refractivity contribution in [2.24, 2.45) is 0 Å². The third-order valence-electron chi connectivity index (χ3n) is 2.13. The van der Waals surface area contributed by atoms with Crippen molar-refractivity contribution in [3.8, 4) is 17.5 Å². The van der Waals surface area contributed by atoms with Crippen molar-refractivity contribution >= 4 is 17.2 Å². The Kier molecular flexibility index (Phi) is 2.84. The smallest absolute Gasteiger partial charge is 0.144 e. The summed E-state index contributed by atoms with van der Waals surface area (Å²) in [4.78, 5) is 8.71. The second-order valence-corrected chi connectivity index (χ2v) is 4.27. The van der Waals surface area contributed by atoms with Gasteiger partial charge in [0.1, 0.15) is 11.9 Å². The first-order chi connectivity index (χ1) is 7.74. The number of anilines is 1. The molecule has 80 valence electrons. The lowest BCUT2D eigenvalue weighted by molar-refractivity contribution is 1.22. The van der Waals surface area contributed by atoms with Crippen molar-refractivity contribution in [3.05, 3.63) is 28.1 Å². The lowest BCUT2D eigenvalue weighted by Gasteiger charge is -2.03. The highest BCUT2D eigenvalue weighted by Crippen LogP contribution is 2.22. The summed E-state index contributed by atoms with van der Waals surface area (Å²) in [5.41, 5.74) is 2.18. The Morgan fingerprint density at radius 2 is 2.12 bits per heavy atom. The van der Waals surface area contributed by atoms with Crippen LogP contribution < -0.4 is 5.32 Å². The summed E-state index contributed by atoms with van der Waals surface area (Å²) in [5, 5.41) is 14.7. The van der Waals surface area contributed by atoms with E-state index in [1.54, 1.807) is 24.5 Å². The topological polar surface area (TPSA) is 61.6 Å². The molecule has 1 N–H and O–H groups in total. The van der Waals surface area contributed by atoms with Gasteiger partial charge in [0.25, 0.3) is 0 Å². The summed E-state index contributed by atoms with van der Waals surface area (Å²) in [6, 6.07) is 5.65. The number of hydrogen-bond donors (Lipinski definition) is 1.